The molecule has 3 unspecified atom stereocenters. The Morgan fingerprint density at radius 1 is 0.917 bits per heavy atom. The van der Waals surface area contributed by atoms with Crippen LogP contribution in [0.4, 0.5) is 0 Å². The van der Waals surface area contributed by atoms with Gasteiger partial charge in [0.05, 0.1) is 21.7 Å². The first-order chi connectivity index (χ1) is 29.0. The lowest BCUT2D eigenvalue weighted by atomic mass is 9.87. The fraction of sp³-hybridized carbons (Fsp3) is 0.170. The molecule has 2 aliphatic rings. The molecule has 2 aliphatic heterocycles. The first-order valence-electron chi connectivity index (χ1n) is 19.0. The van der Waals surface area contributed by atoms with E-state index in [1.807, 2.05) is 72.8 Å². The normalized spacial score (nSPS) is 16.4. The fourth-order valence-electron chi connectivity index (χ4n) is 7.37. The van der Waals surface area contributed by atoms with E-state index in [0.29, 0.717) is 39.5 Å². The Balaban J connectivity index is 1.03. The number of carbonyl (C=O) groups is 3. The van der Waals surface area contributed by atoms with Crippen molar-refractivity contribution < 1.29 is 33.7 Å². The summed E-state index contributed by atoms with van der Waals surface area (Å²) in [6, 6.07) is 36.4. The van der Waals surface area contributed by atoms with Crippen LogP contribution >= 0.6 is 23.2 Å². The van der Waals surface area contributed by atoms with Gasteiger partial charge in [-0.05, 0) is 100 Å². The van der Waals surface area contributed by atoms with Gasteiger partial charge in [0.2, 0.25) is 5.91 Å². The Hall–Kier alpha value is -6.87. The Labute approximate surface area is 355 Å². The van der Waals surface area contributed by atoms with Gasteiger partial charge in [-0.1, -0.05) is 89.9 Å². The van der Waals surface area contributed by atoms with Crippen molar-refractivity contribution in [3.05, 3.63) is 177 Å². The van der Waals surface area contributed by atoms with Gasteiger partial charge in [-0.25, -0.2) is 4.79 Å². The highest BCUT2D eigenvalue weighted by Crippen LogP contribution is 2.41. The molecule has 2 N–H and O–H groups in total. The Morgan fingerprint density at radius 3 is 2.40 bits per heavy atom. The van der Waals surface area contributed by atoms with Gasteiger partial charge in [-0.15, -0.1) is 0 Å². The number of hydrogen-bond acceptors (Lipinski definition) is 8. The van der Waals surface area contributed by atoms with E-state index in [9.17, 15) is 24.8 Å². The highest BCUT2D eigenvalue weighted by Gasteiger charge is 2.43. The molecule has 0 aliphatic carbocycles. The minimum atomic E-state index is -1.96. The highest BCUT2D eigenvalue weighted by molar-refractivity contribution is 6.42. The van der Waals surface area contributed by atoms with Crippen molar-refractivity contribution in [2.24, 2.45) is 0 Å². The van der Waals surface area contributed by atoms with E-state index in [-0.39, 0.29) is 36.4 Å². The molecule has 0 radical (unpaired) electrons. The number of carboxylic acid groups (broad SMARTS) is 1. The van der Waals surface area contributed by atoms with Gasteiger partial charge < -0.3 is 29.5 Å². The average molecular weight is 840 g/mol. The predicted molar refractivity (Wildman–Crippen MR) is 224 cm³/mol. The molecule has 0 fully saturated rings. The van der Waals surface area contributed by atoms with Crippen molar-refractivity contribution in [1.82, 2.24) is 15.2 Å². The van der Waals surface area contributed by atoms with Crippen molar-refractivity contribution in [3.63, 3.8) is 0 Å². The maximum absolute atomic E-state index is 14.4. The zero-order valence-corrected chi connectivity index (χ0v) is 33.6. The number of nitrogens with one attached hydrogen (secondary N) is 1. The third kappa shape index (κ3) is 8.08. The Bertz CT molecular complexity index is 2660. The summed E-state index contributed by atoms with van der Waals surface area (Å²) < 4.78 is 18.6. The lowest BCUT2D eigenvalue weighted by Crippen LogP contribution is -2.58. The molecule has 3 atom stereocenters. The van der Waals surface area contributed by atoms with Gasteiger partial charge in [0.25, 0.3) is 5.91 Å². The van der Waals surface area contributed by atoms with Crippen LogP contribution < -0.4 is 19.5 Å². The van der Waals surface area contributed by atoms with Crippen LogP contribution in [-0.2, 0) is 34.7 Å². The van der Waals surface area contributed by atoms with Gasteiger partial charge in [-0.3, -0.25) is 14.6 Å². The summed E-state index contributed by atoms with van der Waals surface area (Å²) in [4.78, 5) is 47.2. The Kier molecular flexibility index (Phi) is 11.2. The zero-order chi connectivity index (χ0) is 42.0. The van der Waals surface area contributed by atoms with Crippen LogP contribution in [0.15, 0.2) is 128 Å². The average Bonchev–Trinajstić information content (AvgIpc) is 3.28. The van der Waals surface area contributed by atoms with E-state index in [0.717, 1.165) is 27.8 Å². The number of aliphatic carboxylic acids is 1. The summed E-state index contributed by atoms with van der Waals surface area (Å²) in [6.45, 7) is 1.90. The maximum atomic E-state index is 14.4. The number of aromatic nitrogens is 1. The lowest BCUT2D eigenvalue weighted by Gasteiger charge is -2.38. The number of hydrogen-bond donors (Lipinski definition) is 2. The largest absolute Gasteiger partial charge is 0.489 e. The predicted octanol–water partition coefficient (Wildman–Crippen LogP) is 8.70. The number of halogens is 2. The molecule has 2 amide bonds. The van der Waals surface area contributed by atoms with E-state index in [2.05, 4.69) is 16.4 Å². The molecule has 0 saturated heterocycles. The molecule has 300 valence electrons. The summed E-state index contributed by atoms with van der Waals surface area (Å²) in [7, 11) is 0. The van der Waals surface area contributed by atoms with Crippen LogP contribution in [0.3, 0.4) is 0 Å². The molecule has 8 rings (SSSR count). The smallest absolute Gasteiger partial charge is 0.333 e. The van der Waals surface area contributed by atoms with E-state index in [1.165, 1.54) is 24.1 Å². The molecule has 11 nitrogen and oxygen atoms in total. The first-order valence-corrected chi connectivity index (χ1v) is 19.8. The number of benzene rings is 5. The standard InChI is InChI=1S/C47H36Cl2N4O7/c1-47(46(56)57,34-13-16-36(32(20-34)24-50)29-7-3-2-4-8-29)52-44(54)40-21-31-22-41-42(23-33(31)25-53(40)45(55)39-9-5-6-18-51-39)60-43(27-59-41)30-11-14-35(15-12-30)58-26-28-10-17-37(48)38(49)19-28/h2-20,22-23,40,43H,21,25-27H2,1H3,(H,52,54)(H,56,57). The van der Waals surface area contributed by atoms with Gasteiger partial charge in [0.1, 0.15) is 30.7 Å². The number of pyridine rings is 1. The van der Waals surface area contributed by atoms with Crippen LogP contribution in [0.2, 0.25) is 10.0 Å². The van der Waals surface area contributed by atoms with E-state index in [4.69, 9.17) is 37.4 Å². The molecule has 6 aromatic rings. The van der Waals surface area contributed by atoms with Gasteiger partial charge >= 0.3 is 5.97 Å². The number of carboxylic acids is 1. The molecular formula is C47H36Cl2N4O7. The van der Waals surface area contributed by atoms with E-state index in [1.54, 1.807) is 42.5 Å². The number of nitriles is 1. The molecule has 0 saturated carbocycles. The second kappa shape index (κ2) is 16.8. The number of nitrogens with zero attached hydrogens (tertiary/aromatic N) is 3. The summed E-state index contributed by atoms with van der Waals surface area (Å²) in [5, 5.41) is 24.3. The molecule has 60 heavy (non-hydrogen) atoms. The number of rotatable bonds is 10. The van der Waals surface area contributed by atoms with Gasteiger partial charge in [0.15, 0.2) is 23.1 Å². The van der Waals surface area contributed by atoms with Crippen LogP contribution in [0.5, 0.6) is 17.2 Å². The van der Waals surface area contributed by atoms with Crippen LogP contribution in [-0.4, -0.2) is 45.4 Å². The third-order valence-electron chi connectivity index (χ3n) is 10.7. The number of carbonyl (C=O) groups excluding carboxylic acids is 2. The van der Waals surface area contributed by atoms with Crippen molar-refractivity contribution in [2.75, 3.05) is 6.61 Å². The third-order valence-corrected chi connectivity index (χ3v) is 11.5. The molecular weight excluding hydrogens is 803 g/mol. The van der Waals surface area contributed by atoms with Crippen molar-refractivity contribution in [3.8, 4) is 34.4 Å². The molecule has 0 spiro atoms. The Morgan fingerprint density at radius 2 is 1.68 bits per heavy atom. The van der Waals surface area contributed by atoms with E-state index < -0.39 is 35.5 Å². The number of amides is 2. The SMILES string of the molecule is CC(NC(=O)C1Cc2cc3c(cc2CN1C(=O)c1ccccn1)OC(c1ccc(OCc2ccc(Cl)c(Cl)c2)cc1)CO3)(C(=O)O)c1ccc(-c2ccccc2)c(C#N)c1. The minimum absolute atomic E-state index is 0.00312. The number of ether oxygens (including phenoxy) is 3. The quantitative estimate of drug-likeness (QED) is 0.138. The molecule has 5 aromatic carbocycles. The number of fused-ring (bicyclic) bond motifs is 2. The van der Waals surface area contributed by atoms with Crippen molar-refractivity contribution in [1.29, 1.82) is 5.26 Å². The second-order valence-electron chi connectivity index (χ2n) is 14.6. The van der Waals surface area contributed by atoms with Crippen LogP contribution in [0.1, 0.15) is 56.9 Å². The van der Waals surface area contributed by atoms with Crippen LogP contribution in [0.25, 0.3) is 11.1 Å². The molecule has 13 heteroatoms. The van der Waals surface area contributed by atoms with Gasteiger partial charge in [-0.2, -0.15) is 5.26 Å². The fourth-order valence-corrected chi connectivity index (χ4v) is 7.69. The molecule has 3 heterocycles. The van der Waals surface area contributed by atoms with Crippen molar-refractivity contribution >= 4 is 41.0 Å². The lowest BCUT2D eigenvalue weighted by molar-refractivity contribution is -0.148. The monoisotopic (exact) mass is 838 g/mol. The zero-order valence-electron chi connectivity index (χ0n) is 32.1. The maximum Gasteiger partial charge on any atom is 0.333 e. The summed E-state index contributed by atoms with van der Waals surface area (Å²) >= 11 is 12.2. The first kappa shape index (κ1) is 39.9. The summed E-state index contributed by atoms with van der Waals surface area (Å²) in [5.74, 6) is -0.933. The minimum Gasteiger partial charge on any atom is -0.489 e. The molecule has 0 bridgehead atoms. The van der Waals surface area contributed by atoms with E-state index >= 15 is 0 Å². The second-order valence-corrected chi connectivity index (χ2v) is 15.4. The van der Waals surface area contributed by atoms with Crippen LogP contribution in [0, 0.1) is 11.3 Å². The summed E-state index contributed by atoms with van der Waals surface area (Å²) in [6.07, 6.45) is 1.10. The summed E-state index contributed by atoms with van der Waals surface area (Å²) in [5.41, 5.74) is 3.22. The molecule has 1 aromatic heterocycles. The van der Waals surface area contributed by atoms with Crippen molar-refractivity contribution in [2.45, 2.75) is 44.2 Å². The highest BCUT2D eigenvalue weighted by atomic mass is 35.5. The van der Waals surface area contributed by atoms with Gasteiger partial charge in [0, 0.05) is 19.2 Å². The topological polar surface area (TPSA) is 151 Å².